The number of amides is 1. The number of nitrogens with zero attached hydrogens (tertiary/aromatic N) is 1. The summed E-state index contributed by atoms with van der Waals surface area (Å²) in [5.74, 6) is 0.814. The van der Waals surface area contributed by atoms with Crippen molar-refractivity contribution in [3.8, 4) is 23.3 Å². The molecule has 3 rings (SSSR count). The fraction of sp³-hybridized carbons (Fsp3) is 0.130. The van der Waals surface area contributed by atoms with Crippen molar-refractivity contribution in [3.63, 3.8) is 0 Å². The third kappa shape index (κ3) is 6.23. The van der Waals surface area contributed by atoms with Crippen LogP contribution < -0.4 is 19.9 Å². The molecule has 0 fully saturated rings. The number of ether oxygens (including phenoxy) is 2. The molecule has 3 N–H and O–H groups in total. The summed E-state index contributed by atoms with van der Waals surface area (Å²) in [6.45, 7) is 1.67. The first-order valence-corrected chi connectivity index (χ1v) is 11.5. The smallest absolute Gasteiger partial charge is 0.238 e. The van der Waals surface area contributed by atoms with Crippen molar-refractivity contribution in [2.75, 3.05) is 12.4 Å². The number of sulfonamides is 1. The molecule has 0 saturated carbocycles. The Morgan fingerprint density at radius 2 is 1.85 bits per heavy atom. The highest BCUT2D eigenvalue weighted by Crippen LogP contribution is 2.33. The van der Waals surface area contributed by atoms with E-state index in [1.54, 1.807) is 37.3 Å². The van der Waals surface area contributed by atoms with Crippen molar-refractivity contribution in [1.29, 1.82) is 5.26 Å². The lowest BCUT2D eigenvalue weighted by Crippen LogP contribution is -2.16. The van der Waals surface area contributed by atoms with Crippen LogP contribution in [-0.2, 0) is 21.2 Å². The fourth-order valence-corrected chi connectivity index (χ4v) is 3.78. The zero-order valence-electron chi connectivity index (χ0n) is 17.8. The molecule has 8 nitrogen and oxygen atoms in total. The zero-order chi connectivity index (χ0) is 24.2. The van der Waals surface area contributed by atoms with Crippen LogP contribution in [0.2, 0.25) is 5.02 Å². The molecule has 0 heterocycles. The summed E-state index contributed by atoms with van der Waals surface area (Å²) in [7, 11) is -2.34. The van der Waals surface area contributed by atoms with E-state index < -0.39 is 10.0 Å². The van der Waals surface area contributed by atoms with Gasteiger partial charge in [0.2, 0.25) is 15.9 Å². The van der Waals surface area contributed by atoms with Crippen molar-refractivity contribution in [1.82, 2.24) is 0 Å². The van der Waals surface area contributed by atoms with Gasteiger partial charge in [-0.05, 0) is 60.5 Å². The summed E-state index contributed by atoms with van der Waals surface area (Å²) < 4.78 is 34.1. The fourth-order valence-electron chi connectivity index (χ4n) is 3.02. The molecule has 0 aromatic heterocycles. The van der Waals surface area contributed by atoms with Crippen LogP contribution in [0.4, 0.5) is 5.69 Å². The number of carbonyl (C=O) groups is 1. The monoisotopic (exact) mass is 485 g/mol. The first kappa shape index (κ1) is 24.1. The van der Waals surface area contributed by atoms with E-state index in [1.165, 1.54) is 31.4 Å². The Hall–Kier alpha value is -3.58. The lowest BCUT2D eigenvalue weighted by Gasteiger charge is -2.13. The van der Waals surface area contributed by atoms with Crippen LogP contribution >= 0.6 is 11.6 Å². The lowest BCUT2D eigenvalue weighted by molar-refractivity contribution is -0.115. The van der Waals surface area contributed by atoms with Gasteiger partial charge in [0.05, 0.1) is 35.1 Å². The number of nitrogens with one attached hydrogen (secondary N) is 1. The number of rotatable bonds is 7. The van der Waals surface area contributed by atoms with E-state index in [4.69, 9.17) is 31.5 Å². The number of methoxy groups -OCH3 is 1. The molecule has 10 heteroatoms. The molecule has 0 atom stereocenters. The molecule has 0 aliphatic carbocycles. The molecule has 0 aliphatic heterocycles. The predicted octanol–water partition coefficient (Wildman–Crippen LogP) is 4.15. The Morgan fingerprint density at radius 1 is 1.12 bits per heavy atom. The Kier molecular flexibility index (Phi) is 7.23. The average molecular weight is 486 g/mol. The number of halogens is 1. The molecule has 0 aliphatic rings. The largest absolute Gasteiger partial charge is 0.497 e. The number of benzene rings is 3. The first-order chi connectivity index (χ1) is 15.6. The minimum absolute atomic E-state index is 0.00406. The number of nitriles is 1. The predicted molar refractivity (Wildman–Crippen MR) is 124 cm³/mol. The van der Waals surface area contributed by atoms with Gasteiger partial charge < -0.3 is 14.8 Å². The van der Waals surface area contributed by atoms with Gasteiger partial charge in [0.15, 0.2) is 0 Å². The Labute approximate surface area is 196 Å². The second-order valence-electron chi connectivity index (χ2n) is 7.12. The number of aryl methyl sites for hydroxylation is 1. The van der Waals surface area contributed by atoms with Gasteiger partial charge in [-0.25, -0.2) is 13.6 Å². The maximum Gasteiger partial charge on any atom is 0.238 e. The third-order valence-corrected chi connectivity index (χ3v) is 5.85. The molecule has 3 aromatic carbocycles. The number of primary sulfonamides is 1. The number of carbonyl (C=O) groups excluding carboxylic acids is 1. The number of nitrogens with two attached hydrogens (primary N) is 1. The van der Waals surface area contributed by atoms with E-state index >= 15 is 0 Å². The van der Waals surface area contributed by atoms with Gasteiger partial charge in [-0.15, -0.1) is 0 Å². The molecular weight excluding hydrogens is 466 g/mol. The van der Waals surface area contributed by atoms with Crippen LogP contribution in [0, 0.1) is 18.3 Å². The lowest BCUT2D eigenvalue weighted by atomic mass is 10.1. The van der Waals surface area contributed by atoms with E-state index in [9.17, 15) is 13.2 Å². The molecule has 3 aromatic rings. The highest BCUT2D eigenvalue weighted by Gasteiger charge is 2.13. The van der Waals surface area contributed by atoms with E-state index in [2.05, 4.69) is 5.32 Å². The van der Waals surface area contributed by atoms with E-state index in [0.717, 1.165) is 0 Å². The maximum absolute atomic E-state index is 12.6. The Morgan fingerprint density at radius 3 is 2.48 bits per heavy atom. The summed E-state index contributed by atoms with van der Waals surface area (Å²) in [6, 6.07) is 15.9. The molecule has 0 radical (unpaired) electrons. The standard InChI is InChI=1S/C23H20ClN3O5S/c1-14-7-19(33(26,29)30)4-6-21(14)27-23(28)11-16-8-17(31-2)12-18(9-16)32-22-10-15(13-25)3-5-20(22)24/h3-10,12H,11H2,1-2H3,(H,27,28)(H2,26,29,30). The van der Waals surface area contributed by atoms with Crippen molar-refractivity contribution in [2.24, 2.45) is 5.14 Å². The van der Waals surface area contributed by atoms with Crippen LogP contribution in [0.3, 0.4) is 0 Å². The maximum atomic E-state index is 12.6. The number of hydrogen-bond donors (Lipinski definition) is 2. The number of anilines is 1. The second-order valence-corrected chi connectivity index (χ2v) is 9.09. The van der Waals surface area contributed by atoms with Crippen LogP contribution in [-0.4, -0.2) is 21.4 Å². The van der Waals surface area contributed by atoms with E-state index in [0.29, 0.717) is 44.6 Å². The van der Waals surface area contributed by atoms with Gasteiger partial charge in [-0.3, -0.25) is 4.79 Å². The van der Waals surface area contributed by atoms with Gasteiger partial charge >= 0.3 is 0 Å². The molecule has 0 spiro atoms. The summed E-state index contributed by atoms with van der Waals surface area (Å²) >= 11 is 6.17. The summed E-state index contributed by atoms with van der Waals surface area (Å²) in [5.41, 5.74) is 2.01. The Balaban J connectivity index is 1.80. The van der Waals surface area contributed by atoms with Gasteiger partial charge in [0.1, 0.15) is 17.2 Å². The van der Waals surface area contributed by atoms with Crippen LogP contribution in [0.25, 0.3) is 0 Å². The van der Waals surface area contributed by atoms with Crippen molar-refractivity contribution in [3.05, 3.63) is 76.3 Å². The highest BCUT2D eigenvalue weighted by molar-refractivity contribution is 7.89. The van der Waals surface area contributed by atoms with Gasteiger partial charge in [-0.1, -0.05) is 11.6 Å². The molecule has 0 bridgehead atoms. The molecule has 33 heavy (non-hydrogen) atoms. The minimum Gasteiger partial charge on any atom is -0.497 e. The SMILES string of the molecule is COc1cc(CC(=O)Nc2ccc(S(N)(=O)=O)cc2C)cc(Oc2cc(C#N)ccc2Cl)c1. The summed E-state index contributed by atoms with van der Waals surface area (Å²) in [6.07, 6.45) is -0.00406. The molecule has 170 valence electrons. The minimum atomic E-state index is -3.83. The third-order valence-electron chi connectivity index (χ3n) is 4.63. The topological polar surface area (TPSA) is 132 Å². The quantitative estimate of drug-likeness (QED) is 0.516. The second kappa shape index (κ2) is 9.92. The normalized spacial score (nSPS) is 10.9. The molecular formula is C23H20ClN3O5S. The zero-order valence-corrected chi connectivity index (χ0v) is 19.3. The van der Waals surface area contributed by atoms with Crippen molar-refractivity contribution >= 4 is 33.2 Å². The van der Waals surface area contributed by atoms with Crippen molar-refractivity contribution < 1.29 is 22.7 Å². The van der Waals surface area contributed by atoms with Crippen LogP contribution in [0.15, 0.2) is 59.5 Å². The summed E-state index contributed by atoms with van der Waals surface area (Å²) in [5, 5.41) is 17.3. The van der Waals surface area contributed by atoms with Gasteiger partial charge in [-0.2, -0.15) is 5.26 Å². The van der Waals surface area contributed by atoms with Crippen molar-refractivity contribution in [2.45, 2.75) is 18.2 Å². The number of hydrogen-bond acceptors (Lipinski definition) is 6. The van der Waals surface area contributed by atoms with E-state index in [1.807, 2.05) is 6.07 Å². The van der Waals surface area contributed by atoms with Crippen LogP contribution in [0.1, 0.15) is 16.7 Å². The molecule has 0 saturated heterocycles. The van der Waals surface area contributed by atoms with Gasteiger partial charge in [0, 0.05) is 17.8 Å². The molecule has 1 amide bonds. The van der Waals surface area contributed by atoms with Gasteiger partial charge in [0.25, 0.3) is 0 Å². The first-order valence-electron chi connectivity index (χ1n) is 9.58. The highest BCUT2D eigenvalue weighted by atomic mass is 35.5. The Bertz CT molecular complexity index is 1370. The average Bonchev–Trinajstić information content (AvgIpc) is 2.75. The van der Waals surface area contributed by atoms with Crippen LogP contribution in [0.5, 0.6) is 17.2 Å². The molecule has 0 unspecified atom stereocenters. The van der Waals surface area contributed by atoms with E-state index in [-0.39, 0.29) is 17.2 Å². The summed E-state index contributed by atoms with van der Waals surface area (Å²) in [4.78, 5) is 12.6.